The van der Waals surface area contributed by atoms with Gasteiger partial charge in [0.05, 0.1) is 5.16 Å². The topological polar surface area (TPSA) is 17.1 Å². The van der Waals surface area contributed by atoms with Crippen molar-refractivity contribution in [2.24, 2.45) is 11.8 Å². The lowest BCUT2D eigenvalue weighted by molar-refractivity contribution is 0.403. The van der Waals surface area contributed by atoms with E-state index in [9.17, 15) is 0 Å². The van der Waals surface area contributed by atoms with E-state index in [1.165, 1.54) is 86.5 Å². The summed E-state index contributed by atoms with van der Waals surface area (Å²) in [5, 5.41) is -0.245. The Morgan fingerprint density at radius 2 is 1.26 bits per heavy atom. The van der Waals surface area contributed by atoms with Crippen LogP contribution in [0.15, 0.2) is 42.0 Å². The van der Waals surface area contributed by atoms with Gasteiger partial charge in [0.15, 0.2) is 0 Å². The van der Waals surface area contributed by atoms with E-state index in [0.717, 1.165) is 6.42 Å². The third-order valence-electron chi connectivity index (χ3n) is 9.75. The Morgan fingerprint density at radius 3 is 1.69 bits per heavy atom. The van der Waals surface area contributed by atoms with Gasteiger partial charge in [-0.25, -0.2) is 0 Å². The van der Waals surface area contributed by atoms with Crippen LogP contribution in [0.2, 0.25) is 0 Å². The molecule has 0 aliphatic heterocycles. The summed E-state index contributed by atoms with van der Waals surface area (Å²) in [5.41, 5.74) is 6.44. The van der Waals surface area contributed by atoms with Crippen molar-refractivity contribution in [1.82, 2.24) is 0 Å². The third-order valence-corrected chi connectivity index (χ3v) is 15.1. The molecule has 0 saturated heterocycles. The lowest BCUT2D eigenvalue weighted by Crippen LogP contribution is -2.45. The highest BCUT2D eigenvalue weighted by atomic mass is 31.2. The molecule has 3 aliphatic carbocycles. The fourth-order valence-electron chi connectivity index (χ4n) is 7.86. The zero-order chi connectivity index (χ0) is 25.2. The predicted molar refractivity (Wildman–Crippen MR) is 155 cm³/mol. The third kappa shape index (κ3) is 4.81. The summed E-state index contributed by atoms with van der Waals surface area (Å²) < 4.78 is 16.3. The lowest BCUT2D eigenvalue weighted by Gasteiger charge is -2.55. The largest absolute Gasteiger partial charge is 0.322 e. The first kappa shape index (κ1) is 27.0. The second kappa shape index (κ2) is 11.1. The zero-order valence-corrected chi connectivity index (χ0v) is 24.4. The summed E-state index contributed by atoms with van der Waals surface area (Å²) in [6, 6.07) is 9.41. The predicted octanol–water partition coefficient (Wildman–Crippen LogP) is 10.6. The molecular weight excluding hydrogens is 443 g/mol. The average Bonchev–Trinajstić information content (AvgIpc) is 2.88. The van der Waals surface area contributed by atoms with E-state index in [2.05, 4.69) is 78.0 Å². The monoisotopic (exact) mass is 494 g/mol. The van der Waals surface area contributed by atoms with E-state index in [4.69, 9.17) is 0 Å². The minimum atomic E-state index is -2.57. The minimum absolute atomic E-state index is 0.245. The highest BCUT2D eigenvalue weighted by Crippen LogP contribution is 2.77. The quantitative estimate of drug-likeness (QED) is 0.344. The fourth-order valence-corrected chi connectivity index (χ4v) is 13.8. The van der Waals surface area contributed by atoms with Gasteiger partial charge in [0.25, 0.3) is 0 Å². The van der Waals surface area contributed by atoms with Crippen LogP contribution in [0.3, 0.4) is 0 Å². The van der Waals surface area contributed by atoms with Crippen molar-refractivity contribution in [3.05, 3.63) is 53.1 Å². The van der Waals surface area contributed by atoms with Crippen molar-refractivity contribution in [3.8, 4) is 0 Å². The molecule has 1 unspecified atom stereocenters. The molecule has 2 heteroatoms. The molecule has 4 rings (SSSR count). The molecule has 0 aromatic heterocycles. The maximum Gasteiger partial charge on any atom is 0.104 e. The first-order valence-electron chi connectivity index (χ1n) is 14.8. The van der Waals surface area contributed by atoms with E-state index in [1.807, 2.05) is 0 Å². The molecule has 2 saturated carbocycles. The smallest absolute Gasteiger partial charge is 0.104 e. The van der Waals surface area contributed by atoms with Crippen molar-refractivity contribution in [2.45, 2.75) is 135 Å². The van der Waals surface area contributed by atoms with Gasteiger partial charge in [-0.1, -0.05) is 116 Å². The maximum atomic E-state index is 16.3. The number of hydrogen-bond donors (Lipinski definition) is 0. The van der Waals surface area contributed by atoms with Crippen molar-refractivity contribution in [1.29, 1.82) is 0 Å². The summed E-state index contributed by atoms with van der Waals surface area (Å²) in [4.78, 5) is 0. The molecule has 194 valence electrons. The Bertz CT molecular complexity index is 929. The molecule has 0 heterocycles. The van der Waals surface area contributed by atoms with Gasteiger partial charge in [0, 0.05) is 11.3 Å². The Balaban J connectivity index is 1.98. The molecule has 1 nitrogen and oxygen atoms in total. The van der Waals surface area contributed by atoms with Gasteiger partial charge in [-0.15, -0.1) is 0 Å². The van der Waals surface area contributed by atoms with Crippen LogP contribution in [0.5, 0.6) is 0 Å². The van der Waals surface area contributed by atoms with Crippen molar-refractivity contribution < 1.29 is 4.57 Å². The Hall–Kier alpha value is -1.07. The SMILES string of the molecule is CC(C)C1=C(c2ccc(C(C)C)cc2)C(C(C)C)(P(=O)(C2CCCCC2)C2CCCCC2)CC=C1. The maximum absolute atomic E-state index is 16.3. The number of allylic oxidation sites excluding steroid dienone is 4. The first-order chi connectivity index (χ1) is 16.7. The number of rotatable bonds is 7. The molecule has 3 aliphatic rings. The molecule has 1 aromatic carbocycles. The van der Waals surface area contributed by atoms with E-state index < -0.39 is 7.14 Å². The second-order valence-corrected chi connectivity index (χ2v) is 16.4. The molecule has 1 aromatic rings. The highest BCUT2D eigenvalue weighted by Gasteiger charge is 2.59. The number of benzene rings is 1. The molecule has 1 atom stereocenters. The van der Waals surface area contributed by atoms with Crippen LogP contribution >= 0.6 is 7.14 Å². The Morgan fingerprint density at radius 1 is 0.743 bits per heavy atom. The van der Waals surface area contributed by atoms with Gasteiger partial charge >= 0.3 is 0 Å². The summed E-state index contributed by atoms with van der Waals surface area (Å²) in [5.74, 6) is 1.31. The van der Waals surface area contributed by atoms with Gasteiger partial charge in [-0.05, 0) is 72.1 Å². The van der Waals surface area contributed by atoms with Gasteiger partial charge in [-0.3, -0.25) is 0 Å². The summed E-state index contributed by atoms with van der Waals surface area (Å²) in [7, 11) is -2.57. The second-order valence-electron chi connectivity index (χ2n) is 12.7. The zero-order valence-electron chi connectivity index (χ0n) is 23.5. The van der Waals surface area contributed by atoms with Crippen LogP contribution in [0.25, 0.3) is 5.57 Å². The van der Waals surface area contributed by atoms with Crippen molar-refractivity contribution in [2.75, 3.05) is 0 Å². The van der Waals surface area contributed by atoms with E-state index in [-0.39, 0.29) is 5.16 Å². The molecule has 0 radical (unpaired) electrons. The lowest BCUT2D eigenvalue weighted by atomic mass is 9.73. The van der Waals surface area contributed by atoms with Gasteiger partial charge < -0.3 is 4.57 Å². The average molecular weight is 495 g/mol. The van der Waals surface area contributed by atoms with Gasteiger partial charge in [0.2, 0.25) is 0 Å². The normalized spacial score (nSPS) is 25.3. The summed E-state index contributed by atoms with van der Waals surface area (Å²) in [6.07, 6.45) is 18.2. The van der Waals surface area contributed by atoms with Crippen LogP contribution in [0, 0.1) is 11.8 Å². The molecule has 0 spiro atoms. The molecule has 2 fully saturated rings. The minimum Gasteiger partial charge on any atom is -0.322 e. The molecule has 0 N–H and O–H groups in total. The first-order valence-corrected chi connectivity index (χ1v) is 16.7. The van der Waals surface area contributed by atoms with Crippen molar-refractivity contribution in [3.63, 3.8) is 0 Å². The van der Waals surface area contributed by atoms with E-state index in [0.29, 0.717) is 29.1 Å². The van der Waals surface area contributed by atoms with Gasteiger partial charge in [-0.2, -0.15) is 0 Å². The standard InChI is InChI=1S/C33H51OP/c1-24(2)27-19-21-28(22-20-27)32-31(25(3)4)18-13-23-33(32,26(5)6)35(34,29-14-9-7-10-15-29)30-16-11-8-12-17-30/h13,18-22,24-26,29-30H,7-12,14-17,23H2,1-6H3. The molecule has 35 heavy (non-hydrogen) atoms. The van der Waals surface area contributed by atoms with Crippen LogP contribution < -0.4 is 0 Å². The van der Waals surface area contributed by atoms with Crippen LogP contribution in [-0.2, 0) is 4.57 Å². The van der Waals surface area contributed by atoms with E-state index in [1.54, 1.807) is 0 Å². The number of hydrogen-bond acceptors (Lipinski definition) is 1. The molecular formula is C33H51OP. The van der Waals surface area contributed by atoms with Crippen LogP contribution in [0.1, 0.15) is 129 Å². The Kier molecular flexibility index (Phi) is 8.58. The fraction of sp³-hybridized carbons (Fsp3) is 0.697. The highest BCUT2D eigenvalue weighted by molar-refractivity contribution is 7.67. The van der Waals surface area contributed by atoms with E-state index >= 15 is 4.57 Å². The summed E-state index contributed by atoms with van der Waals surface area (Å²) >= 11 is 0. The van der Waals surface area contributed by atoms with Crippen molar-refractivity contribution >= 4 is 12.7 Å². The summed E-state index contributed by atoms with van der Waals surface area (Å²) in [6.45, 7) is 14.0. The molecule has 0 bridgehead atoms. The molecule has 0 amide bonds. The van der Waals surface area contributed by atoms with Gasteiger partial charge in [0.1, 0.15) is 7.14 Å². The van der Waals surface area contributed by atoms with Crippen LogP contribution in [0.4, 0.5) is 0 Å². The van der Waals surface area contributed by atoms with Crippen LogP contribution in [-0.4, -0.2) is 16.5 Å². The Labute approximate surface area is 216 Å².